The van der Waals surface area contributed by atoms with Crippen LogP contribution in [0.4, 0.5) is 0 Å². The summed E-state index contributed by atoms with van der Waals surface area (Å²) in [6.45, 7) is 14.1. The van der Waals surface area contributed by atoms with Crippen molar-refractivity contribution in [3.63, 3.8) is 0 Å². The predicted molar refractivity (Wildman–Crippen MR) is 192 cm³/mol. The van der Waals surface area contributed by atoms with Crippen molar-refractivity contribution < 1.29 is 69.3 Å². The van der Waals surface area contributed by atoms with Gasteiger partial charge in [-0.1, -0.05) is 34.6 Å². The largest absolute Gasteiger partial charge is 0.455 e. The molecule has 2 bridgehead atoms. The number of aliphatic hydroxyl groups excluding tert-OH is 7. The van der Waals surface area contributed by atoms with Crippen LogP contribution in [0.15, 0.2) is 11.1 Å². The lowest BCUT2D eigenvalue weighted by Gasteiger charge is -2.73. The van der Waals surface area contributed by atoms with Crippen molar-refractivity contribution in [3.8, 4) is 0 Å². The third kappa shape index (κ3) is 5.25. The molecule has 8 N–H and O–H groups in total. The van der Waals surface area contributed by atoms with Crippen LogP contribution >= 0.6 is 0 Å². The number of aliphatic hydroxyl groups is 8. The zero-order valence-corrected chi connectivity index (χ0v) is 33.3. The predicted octanol–water partition coefficient (Wildman–Crippen LogP) is 1.20. The van der Waals surface area contributed by atoms with Crippen LogP contribution in [0.3, 0.4) is 0 Å². The Morgan fingerprint density at radius 3 is 2.13 bits per heavy atom. The molecule has 4 saturated heterocycles. The van der Waals surface area contributed by atoms with E-state index in [0.717, 1.165) is 36.8 Å². The summed E-state index contributed by atoms with van der Waals surface area (Å²) in [4.78, 5) is 13.7. The van der Waals surface area contributed by atoms with Gasteiger partial charge in [-0.15, -0.1) is 0 Å². The minimum atomic E-state index is -1.72. The maximum Gasteiger partial charge on any atom is 0.317 e. The average molecular weight is 781 g/mol. The van der Waals surface area contributed by atoms with Crippen LogP contribution in [0.1, 0.15) is 106 Å². The third-order valence-corrected chi connectivity index (χ3v) is 17.6. The Morgan fingerprint density at radius 1 is 0.764 bits per heavy atom. The van der Waals surface area contributed by atoms with E-state index in [1.54, 1.807) is 6.92 Å². The van der Waals surface area contributed by atoms with Crippen LogP contribution < -0.4 is 0 Å². The van der Waals surface area contributed by atoms with Crippen LogP contribution in [-0.2, 0) is 28.5 Å². The summed E-state index contributed by atoms with van der Waals surface area (Å²) in [5.74, 6) is 0.0107. The molecule has 0 aromatic carbocycles. The Bertz CT molecular complexity index is 1580. The molecule has 4 aliphatic heterocycles. The number of fused-ring (bicyclic) bond motifs is 7. The van der Waals surface area contributed by atoms with Crippen molar-refractivity contribution in [2.75, 3.05) is 13.2 Å². The smallest absolute Gasteiger partial charge is 0.317 e. The highest BCUT2D eigenvalue weighted by Crippen LogP contribution is 2.77. The van der Waals surface area contributed by atoms with E-state index in [1.807, 2.05) is 6.92 Å². The molecule has 14 heteroatoms. The highest BCUT2D eigenvalue weighted by atomic mass is 16.8. The molecule has 312 valence electrons. The highest BCUT2D eigenvalue weighted by Gasteiger charge is 2.75. The number of esters is 1. The minimum absolute atomic E-state index is 0.121. The van der Waals surface area contributed by atoms with E-state index >= 15 is 0 Å². The molecule has 14 nitrogen and oxygen atoms in total. The molecule has 0 aromatic rings. The number of ether oxygens (including phenoxy) is 5. The lowest BCUT2D eigenvalue weighted by atomic mass is 9.33. The number of hydrogen-bond acceptors (Lipinski definition) is 14. The molecular weight excluding hydrogens is 716 g/mol. The van der Waals surface area contributed by atoms with Crippen molar-refractivity contribution in [2.24, 2.45) is 38.9 Å². The second-order valence-electron chi connectivity index (χ2n) is 20.3. The number of carbonyl (C=O) groups excluding carboxylic acids is 1. The Labute approximate surface area is 323 Å². The van der Waals surface area contributed by atoms with E-state index in [0.29, 0.717) is 32.1 Å². The summed E-state index contributed by atoms with van der Waals surface area (Å²) in [7, 11) is 0. The van der Waals surface area contributed by atoms with Crippen LogP contribution in [-0.4, -0.2) is 139 Å². The van der Waals surface area contributed by atoms with E-state index in [9.17, 15) is 45.6 Å². The van der Waals surface area contributed by atoms with E-state index in [1.165, 1.54) is 0 Å². The Balaban J connectivity index is 1.07. The molecule has 4 saturated carbocycles. The fourth-order valence-corrected chi connectivity index (χ4v) is 13.9. The fraction of sp³-hybridized carbons (Fsp3) is 0.927. The first kappa shape index (κ1) is 40.5. The first-order valence-electron chi connectivity index (χ1n) is 20.5. The van der Waals surface area contributed by atoms with Gasteiger partial charge in [-0.3, -0.25) is 4.79 Å². The molecule has 55 heavy (non-hydrogen) atoms. The van der Waals surface area contributed by atoms with E-state index in [2.05, 4.69) is 34.6 Å². The van der Waals surface area contributed by atoms with Gasteiger partial charge in [-0.2, -0.15) is 0 Å². The Morgan fingerprint density at radius 2 is 1.45 bits per heavy atom. The molecule has 5 aliphatic carbocycles. The molecule has 9 aliphatic rings. The summed E-state index contributed by atoms with van der Waals surface area (Å²) >= 11 is 0. The first-order chi connectivity index (χ1) is 25.5. The average Bonchev–Trinajstić information content (AvgIpc) is 3.11. The van der Waals surface area contributed by atoms with Crippen LogP contribution in [0.5, 0.6) is 0 Å². The van der Waals surface area contributed by atoms with Crippen LogP contribution in [0.25, 0.3) is 0 Å². The zero-order chi connectivity index (χ0) is 40.1. The van der Waals surface area contributed by atoms with Crippen molar-refractivity contribution in [3.05, 3.63) is 11.1 Å². The lowest BCUT2D eigenvalue weighted by Crippen LogP contribution is -2.72. The van der Waals surface area contributed by atoms with Gasteiger partial charge in [0.1, 0.15) is 53.9 Å². The summed E-state index contributed by atoms with van der Waals surface area (Å²) < 4.78 is 30.2. The molecule has 1 spiro atoms. The quantitative estimate of drug-likeness (QED) is 0.112. The molecule has 4 heterocycles. The van der Waals surface area contributed by atoms with Gasteiger partial charge in [-0.25, -0.2) is 0 Å². The molecular formula is C41H64O14. The molecule has 0 aromatic heterocycles. The third-order valence-electron chi connectivity index (χ3n) is 17.6. The summed E-state index contributed by atoms with van der Waals surface area (Å²) in [6, 6.07) is 0. The van der Waals surface area contributed by atoms with Gasteiger partial charge in [-0.05, 0) is 116 Å². The van der Waals surface area contributed by atoms with Gasteiger partial charge in [0.05, 0.1) is 30.8 Å². The molecule has 6 unspecified atom stereocenters. The topological polar surface area (TPSA) is 225 Å². The highest BCUT2D eigenvalue weighted by molar-refractivity contribution is 5.86. The Kier molecular flexibility index (Phi) is 9.47. The summed E-state index contributed by atoms with van der Waals surface area (Å²) in [5, 5.41) is 87.4. The molecule has 0 radical (unpaired) electrons. The standard InChI is InChI=1S/C41H64O14/c1-35(2)22-8-11-37(4)23(16-19(43)25-31-40(7,50)39(6)13-15-41(31,34(49)55-39)14-12-38(25,37)5)36(22,3)10-9-24(35)53-33-30(26(45)20(44)18-51-33)54-32-29(48)28(47)27(46)21(17-42)52-32/h19-24,26-30,32-33,42-48,50H,8-18H2,1-7H3/t19-,20+,21?,22?,23?,24+,26+,27-,28+,29-,30-,32?,33?,36+,37-,38-,39+,40+,41?/m1/s1. The fourth-order valence-electron chi connectivity index (χ4n) is 13.9. The number of rotatable bonds is 5. The maximum atomic E-state index is 13.7. The van der Waals surface area contributed by atoms with Crippen LogP contribution in [0.2, 0.25) is 0 Å². The van der Waals surface area contributed by atoms with Gasteiger partial charge in [0, 0.05) is 0 Å². The van der Waals surface area contributed by atoms with Gasteiger partial charge >= 0.3 is 5.97 Å². The maximum absolute atomic E-state index is 13.7. The second-order valence-corrected chi connectivity index (χ2v) is 20.3. The lowest BCUT2D eigenvalue weighted by molar-refractivity contribution is -0.367. The van der Waals surface area contributed by atoms with Gasteiger partial charge in [0.2, 0.25) is 0 Å². The summed E-state index contributed by atoms with van der Waals surface area (Å²) in [6.07, 6.45) is -8.17. The minimum Gasteiger partial charge on any atom is -0.455 e. The van der Waals surface area contributed by atoms with Crippen molar-refractivity contribution in [1.82, 2.24) is 0 Å². The molecule has 19 atom stereocenters. The molecule has 9 rings (SSSR count). The SMILES string of the molecule is CC1(C)C2CC[C@]3(C)C(C[C@@H](O)C4=C5C6(CC[C@](C)(OC6=O)[C@@]5(C)O)CC[C@]43C)[C@@]2(C)CC[C@@H]1OC1OC[C@H](O)[C@H](O)[C@H]1OC1OC(CO)[C@@H](O)[C@H](O)[C@H]1O. The van der Waals surface area contributed by atoms with E-state index in [4.69, 9.17) is 23.7 Å². The zero-order valence-electron chi connectivity index (χ0n) is 33.3. The van der Waals surface area contributed by atoms with E-state index in [-0.39, 0.29) is 41.3 Å². The van der Waals surface area contributed by atoms with Crippen molar-refractivity contribution >= 4 is 5.97 Å². The van der Waals surface area contributed by atoms with E-state index < -0.39 is 95.5 Å². The molecule has 8 fully saturated rings. The van der Waals surface area contributed by atoms with Crippen molar-refractivity contribution in [1.29, 1.82) is 0 Å². The Hall–Kier alpha value is -1.27. The summed E-state index contributed by atoms with van der Waals surface area (Å²) in [5.41, 5.74) is -3.10. The van der Waals surface area contributed by atoms with Crippen molar-refractivity contribution in [2.45, 2.75) is 185 Å². The monoisotopic (exact) mass is 780 g/mol. The number of hydrogen-bond donors (Lipinski definition) is 8. The molecule has 0 amide bonds. The van der Waals surface area contributed by atoms with Gasteiger partial charge in [0.25, 0.3) is 0 Å². The van der Waals surface area contributed by atoms with Crippen LogP contribution in [0, 0.1) is 38.9 Å². The van der Waals surface area contributed by atoms with Gasteiger partial charge in [0.15, 0.2) is 12.6 Å². The second kappa shape index (κ2) is 12.9. The first-order valence-corrected chi connectivity index (χ1v) is 20.5. The van der Waals surface area contributed by atoms with Gasteiger partial charge < -0.3 is 64.5 Å². The number of carbonyl (C=O) groups is 1. The normalized spacial score (nSPS) is 57.2.